The molecule has 0 bridgehead atoms. The molecular weight excluding hydrogens is 140 g/mol. The Hall–Kier alpha value is -0.570. The van der Waals surface area contributed by atoms with Gasteiger partial charge < -0.3 is 11.1 Å². The van der Waals surface area contributed by atoms with Crippen LogP contribution in [0.15, 0.2) is 0 Å². The van der Waals surface area contributed by atoms with Crippen LogP contribution in [0.25, 0.3) is 0 Å². The summed E-state index contributed by atoms with van der Waals surface area (Å²) < 4.78 is 0. The van der Waals surface area contributed by atoms with Crippen LogP contribution in [0, 0.1) is 5.92 Å². The first-order valence-corrected chi connectivity index (χ1v) is 4.16. The van der Waals surface area contributed by atoms with Gasteiger partial charge in [-0.1, -0.05) is 0 Å². The van der Waals surface area contributed by atoms with Gasteiger partial charge in [-0.3, -0.25) is 4.79 Å². The Kier molecular flexibility index (Phi) is 2.18. The number of nitrogens with one attached hydrogen (secondary N) is 1. The lowest BCUT2D eigenvalue weighted by Gasteiger charge is -2.22. The van der Waals surface area contributed by atoms with Crippen LogP contribution in [-0.2, 0) is 4.79 Å². The number of carbonyl (C=O) groups excluding carboxylic acids is 1. The number of hydrogen-bond donors (Lipinski definition) is 2. The average molecular weight is 156 g/mol. The molecule has 0 aromatic rings. The minimum absolute atomic E-state index is 0.0116. The lowest BCUT2D eigenvalue weighted by atomic mass is 9.96. The van der Waals surface area contributed by atoms with Crippen LogP contribution >= 0.6 is 0 Å². The summed E-state index contributed by atoms with van der Waals surface area (Å²) in [5.41, 5.74) is 5.21. The fourth-order valence-electron chi connectivity index (χ4n) is 1.22. The van der Waals surface area contributed by atoms with Crippen molar-refractivity contribution in [2.24, 2.45) is 11.7 Å². The predicted molar refractivity (Wildman–Crippen MR) is 44.0 cm³/mol. The van der Waals surface area contributed by atoms with E-state index < -0.39 is 5.54 Å². The van der Waals surface area contributed by atoms with Crippen LogP contribution in [-0.4, -0.2) is 18.0 Å². The molecule has 3 heteroatoms. The highest BCUT2D eigenvalue weighted by molar-refractivity contribution is 5.86. The Bertz CT molecular complexity index is 161. The van der Waals surface area contributed by atoms with Gasteiger partial charge in [0.1, 0.15) is 0 Å². The SMILES string of the molecule is CCNC(=O)C(C)(N)C1CC1. The first-order chi connectivity index (χ1) is 5.09. The summed E-state index contributed by atoms with van der Waals surface area (Å²) in [6.07, 6.45) is 2.20. The summed E-state index contributed by atoms with van der Waals surface area (Å²) in [5, 5.41) is 2.74. The van der Waals surface area contributed by atoms with Gasteiger partial charge in [0.05, 0.1) is 5.54 Å². The molecule has 1 atom stereocenters. The highest BCUT2D eigenvalue weighted by Gasteiger charge is 2.43. The lowest BCUT2D eigenvalue weighted by Crippen LogP contribution is -2.53. The number of amides is 1. The van der Waals surface area contributed by atoms with Crippen LogP contribution in [0.3, 0.4) is 0 Å². The average Bonchev–Trinajstić information content (AvgIpc) is 2.68. The molecule has 0 heterocycles. The monoisotopic (exact) mass is 156 g/mol. The van der Waals surface area contributed by atoms with Gasteiger partial charge in [-0.15, -0.1) is 0 Å². The molecule has 0 aromatic carbocycles. The second-order valence-corrected chi connectivity index (χ2v) is 3.42. The number of likely N-dealkylation sites (N-methyl/N-ethyl adjacent to an activating group) is 1. The van der Waals surface area contributed by atoms with Gasteiger partial charge in [-0.05, 0) is 32.6 Å². The van der Waals surface area contributed by atoms with Gasteiger partial charge in [-0.2, -0.15) is 0 Å². The fraction of sp³-hybridized carbons (Fsp3) is 0.875. The molecule has 0 saturated heterocycles. The molecule has 1 aliphatic carbocycles. The summed E-state index contributed by atoms with van der Waals surface area (Å²) in [4.78, 5) is 11.3. The van der Waals surface area contributed by atoms with Gasteiger partial charge >= 0.3 is 0 Å². The maximum absolute atomic E-state index is 11.3. The van der Waals surface area contributed by atoms with Crippen molar-refractivity contribution in [3.8, 4) is 0 Å². The van der Waals surface area contributed by atoms with E-state index in [1.54, 1.807) is 0 Å². The normalized spacial score (nSPS) is 22.5. The molecule has 1 aliphatic rings. The zero-order valence-corrected chi connectivity index (χ0v) is 7.18. The van der Waals surface area contributed by atoms with Crippen molar-refractivity contribution in [1.29, 1.82) is 0 Å². The van der Waals surface area contributed by atoms with Gasteiger partial charge in [0.2, 0.25) is 5.91 Å². The maximum atomic E-state index is 11.3. The smallest absolute Gasteiger partial charge is 0.240 e. The maximum Gasteiger partial charge on any atom is 0.240 e. The zero-order chi connectivity index (χ0) is 8.48. The number of hydrogen-bond acceptors (Lipinski definition) is 2. The molecule has 0 aliphatic heterocycles. The summed E-state index contributed by atoms with van der Waals surface area (Å²) in [6.45, 7) is 4.38. The molecule has 1 fully saturated rings. The molecular formula is C8H16N2O. The Balaban J connectivity index is 2.48. The van der Waals surface area contributed by atoms with Crippen molar-refractivity contribution >= 4 is 5.91 Å². The molecule has 64 valence electrons. The predicted octanol–water partition coefficient (Wildman–Crippen LogP) is 0.250. The van der Waals surface area contributed by atoms with Crippen molar-refractivity contribution in [3.05, 3.63) is 0 Å². The number of nitrogens with two attached hydrogens (primary N) is 1. The first kappa shape index (κ1) is 8.53. The molecule has 3 nitrogen and oxygen atoms in total. The number of carbonyl (C=O) groups is 1. The van der Waals surface area contributed by atoms with E-state index >= 15 is 0 Å². The summed E-state index contributed by atoms with van der Waals surface area (Å²) >= 11 is 0. The van der Waals surface area contributed by atoms with Crippen LogP contribution in [0.5, 0.6) is 0 Å². The molecule has 0 aromatic heterocycles. The Labute approximate surface area is 67.3 Å². The molecule has 0 radical (unpaired) electrons. The van der Waals surface area contributed by atoms with E-state index in [-0.39, 0.29) is 5.91 Å². The highest BCUT2D eigenvalue weighted by Crippen LogP contribution is 2.37. The van der Waals surface area contributed by atoms with Crippen LogP contribution in [0.2, 0.25) is 0 Å². The van der Waals surface area contributed by atoms with E-state index in [9.17, 15) is 4.79 Å². The first-order valence-electron chi connectivity index (χ1n) is 4.16. The Morgan fingerprint density at radius 3 is 2.64 bits per heavy atom. The standard InChI is InChI=1S/C8H16N2O/c1-3-10-7(11)8(2,9)6-4-5-6/h6H,3-5,9H2,1-2H3,(H,10,11). The third-order valence-electron chi connectivity index (χ3n) is 2.25. The van der Waals surface area contributed by atoms with Crippen molar-refractivity contribution in [1.82, 2.24) is 5.32 Å². The molecule has 1 saturated carbocycles. The van der Waals surface area contributed by atoms with Gasteiger partial charge in [0, 0.05) is 6.54 Å². The zero-order valence-electron chi connectivity index (χ0n) is 7.18. The van der Waals surface area contributed by atoms with Gasteiger partial charge in [-0.25, -0.2) is 0 Å². The Morgan fingerprint density at radius 2 is 2.27 bits per heavy atom. The molecule has 11 heavy (non-hydrogen) atoms. The third kappa shape index (κ3) is 1.71. The van der Waals surface area contributed by atoms with E-state index in [1.165, 1.54) is 0 Å². The van der Waals surface area contributed by atoms with Crippen LogP contribution in [0.1, 0.15) is 26.7 Å². The summed E-state index contributed by atoms with van der Waals surface area (Å²) in [6, 6.07) is 0. The fourth-order valence-corrected chi connectivity index (χ4v) is 1.22. The van der Waals surface area contributed by atoms with E-state index in [2.05, 4.69) is 5.32 Å². The topological polar surface area (TPSA) is 55.1 Å². The minimum Gasteiger partial charge on any atom is -0.355 e. The molecule has 1 rings (SSSR count). The minimum atomic E-state index is -0.629. The lowest BCUT2D eigenvalue weighted by molar-refractivity contribution is -0.126. The quantitative estimate of drug-likeness (QED) is 0.615. The second kappa shape index (κ2) is 2.81. The summed E-state index contributed by atoms with van der Waals surface area (Å²) in [7, 11) is 0. The highest BCUT2D eigenvalue weighted by atomic mass is 16.2. The third-order valence-corrected chi connectivity index (χ3v) is 2.25. The van der Waals surface area contributed by atoms with Crippen LogP contribution < -0.4 is 11.1 Å². The van der Waals surface area contributed by atoms with Crippen LogP contribution in [0.4, 0.5) is 0 Å². The van der Waals surface area contributed by atoms with E-state index in [0.29, 0.717) is 12.5 Å². The van der Waals surface area contributed by atoms with E-state index in [4.69, 9.17) is 5.73 Å². The van der Waals surface area contributed by atoms with Gasteiger partial charge in [0.25, 0.3) is 0 Å². The van der Waals surface area contributed by atoms with Crippen molar-refractivity contribution in [2.75, 3.05) is 6.54 Å². The van der Waals surface area contributed by atoms with Crippen molar-refractivity contribution < 1.29 is 4.79 Å². The molecule has 1 amide bonds. The number of rotatable bonds is 3. The summed E-state index contributed by atoms with van der Waals surface area (Å²) in [5.74, 6) is 0.400. The molecule has 3 N–H and O–H groups in total. The molecule has 0 spiro atoms. The Morgan fingerprint density at radius 1 is 1.73 bits per heavy atom. The van der Waals surface area contributed by atoms with E-state index in [1.807, 2.05) is 13.8 Å². The van der Waals surface area contributed by atoms with E-state index in [0.717, 1.165) is 12.8 Å². The largest absolute Gasteiger partial charge is 0.355 e. The second-order valence-electron chi connectivity index (χ2n) is 3.42. The van der Waals surface area contributed by atoms with Gasteiger partial charge in [0.15, 0.2) is 0 Å². The van der Waals surface area contributed by atoms with Crippen molar-refractivity contribution in [2.45, 2.75) is 32.2 Å². The van der Waals surface area contributed by atoms with Crippen molar-refractivity contribution in [3.63, 3.8) is 0 Å². The molecule has 1 unspecified atom stereocenters.